The topological polar surface area (TPSA) is 163 Å². The van der Waals surface area contributed by atoms with Crippen molar-refractivity contribution in [3.8, 4) is 0 Å². The molecule has 2 heterocycles. The van der Waals surface area contributed by atoms with Gasteiger partial charge >= 0.3 is 23.9 Å². The molecule has 1 aromatic rings. The molecule has 8 fully saturated rings. The maximum Gasteiger partial charge on any atom is 0.338 e. The normalized spacial score (nSPS) is 46.0. The first-order valence-electron chi connectivity index (χ1n) is 15.5. The first-order chi connectivity index (χ1) is 21.7. The largest absolute Gasteiger partial charge is 0.461 e. The predicted octanol–water partition coefficient (Wildman–Crippen LogP) is 1.28. The van der Waals surface area contributed by atoms with Crippen molar-refractivity contribution in [2.45, 2.75) is 76.7 Å². The molecule has 244 valence electrons. The molecule has 6 saturated carbocycles. The molecule has 1 N–H and O–H groups in total. The number of nitrogens with zero attached hydrogens (tertiary/aromatic N) is 1. The predicted molar refractivity (Wildman–Crippen MR) is 155 cm³/mol. The average Bonchev–Trinajstić information content (AvgIpc) is 3.32. The number of hydrogen-bond acceptors (Lipinski definition) is 12. The van der Waals surface area contributed by atoms with Crippen LogP contribution in [0, 0.1) is 39.9 Å². The zero-order valence-electron chi connectivity index (χ0n) is 26.2. The number of aldehydes is 1. The minimum Gasteiger partial charge on any atom is -0.461 e. The number of likely N-dealkylation sites (N-methyl/N-ethyl adjacent to an activating group) is 1. The molecule has 2 saturated heterocycles. The van der Waals surface area contributed by atoms with Gasteiger partial charge in [0.25, 0.3) is 0 Å². The lowest BCUT2D eigenvalue weighted by molar-refractivity contribution is -0.288. The van der Waals surface area contributed by atoms with Gasteiger partial charge in [0.05, 0.1) is 23.0 Å². The van der Waals surface area contributed by atoms with Crippen LogP contribution in [0.25, 0.3) is 0 Å². The van der Waals surface area contributed by atoms with Crippen LogP contribution >= 0.6 is 0 Å². The summed E-state index contributed by atoms with van der Waals surface area (Å²) in [4.78, 5) is 82.0. The highest BCUT2D eigenvalue weighted by Gasteiger charge is 2.94. The van der Waals surface area contributed by atoms with Crippen LogP contribution < -0.4 is 0 Å². The van der Waals surface area contributed by atoms with Crippen LogP contribution in [0.5, 0.6) is 0 Å². The van der Waals surface area contributed by atoms with Gasteiger partial charge in [-0.05, 0) is 32.5 Å². The van der Waals surface area contributed by atoms with Gasteiger partial charge in [-0.3, -0.25) is 24.1 Å². The molecule has 12 heteroatoms. The molecule has 7 bridgehead atoms. The van der Waals surface area contributed by atoms with Gasteiger partial charge in [0.15, 0.2) is 18.3 Å². The molecule has 14 atom stereocenters. The van der Waals surface area contributed by atoms with Gasteiger partial charge in [-0.1, -0.05) is 30.4 Å². The first kappa shape index (κ1) is 30.7. The van der Waals surface area contributed by atoms with E-state index in [4.69, 9.17) is 18.9 Å². The fourth-order valence-corrected chi connectivity index (χ4v) is 11.5. The van der Waals surface area contributed by atoms with Crippen LogP contribution in [0.15, 0.2) is 42.5 Å². The fourth-order valence-electron chi connectivity index (χ4n) is 11.5. The minimum atomic E-state index is -1.63. The highest BCUT2D eigenvalue weighted by atomic mass is 16.6. The van der Waals surface area contributed by atoms with Gasteiger partial charge in [-0.2, -0.15) is 0 Å². The summed E-state index contributed by atoms with van der Waals surface area (Å²) < 4.78 is 24.2. The fraction of sp³-hybridized carbons (Fsp3) is 0.588. The summed E-state index contributed by atoms with van der Waals surface area (Å²) in [5.74, 6) is -6.56. The average molecular weight is 636 g/mol. The van der Waals surface area contributed by atoms with E-state index >= 15 is 0 Å². The van der Waals surface area contributed by atoms with E-state index in [1.807, 2.05) is 4.90 Å². The molecular weight excluding hydrogens is 598 g/mol. The quantitative estimate of drug-likeness (QED) is 0.207. The van der Waals surface area contributed by atoms with Crippen LogP contribution in [0.2, 0.25) is 0 Å². The second-order valence-electron chi connectivity index (χ2n) is 14.2. The number of carbonyl (C=O) groups excluding carboxylic acids is 6. The van der Waals surface area contributed by atoms with Gasteiger partial charge in [0.1, 0.15) is 18.2 Å². The van der Waals surface area contributed by atoms with E-state index in [9.17, 15) is 33.9 Å². The molecule has 0 radical (unpaired) electrons. The number of ketones is 1. The molecule has 9 rings (SSSR count). The van der Waals surface area contributed by atoms with E-state index < -0.39 is 106 Å². The molecular formula is C34H37NO11. The van der Waals surface area contributed by atoms with Crippen LogP contribution in [0.1, 0.15) is 44.5 Å². The maximum atomic E-state index is 14.5. The molecule has 1 aromatic carbocycles. The van der Waals surface area contributed by atoms with E-state index in [1.54, 1.807) is 32.2 Å². The zero-order valence-corrected chi connectivity index (χ0v) is 26.2. The Morgan fingerprint density at radius 3 is 2.13 bits per heavy atom. The second-order valence-corrected chi connectivity index (χ2v) is 14.2. The van der Waals surface area contributed by atoms with Crippen molar-refractivity contribution >= 4 is 35.9 Å². The highest BCUT2D eigenvalue weighted by Crippen LogP contribution is 2.84. The van der Waals surface area contributed by atoms with Crippen LogP contribution in [0.3, 0.4) is 0 Å². The monoisotopic (exact) mass is 635 g/mol. The summed E-state index contributed by atoms with van der Waals surface area (Å²) >= 11 is 0. The standard InChI is InChI=1S/C34H37NO11/c1-14-12-33-20-22(40)19(14)23(43-15(2)37)26(33)34-25(21(28(33)41)35(6)27(20)34)32(5,13-36)29(44-16(3)38)24(30(34)45-17(4)39)46-31(42)18-10-8-7-9-11-18/h7-11,13,19-21,23-30,41H,1,12H2,2-6H3/t19-,20+,21+,23+,24-,25+,26+,27+,28+,29+,30+,32-,33-,34+/m0/s1. The molecule has 2 spiro atoms. The van der Waals surface area contributed by atoms with Crippen LogP contribution in [0.4, 0.5) is 0 Å². The Labute approximate surface area is 265 Å². The third-order valence-corrected chi connectivity index (χ3v) is 12.2. The second kappa shape index (κ2) is 9.80. The number of aliphatic hydroxyl groups is 1. The summed E-state index contributed by atoms with van der Waals surface area (Å²) in [6.07, 6.45) is -5.69. The zero-order chi connectivity index (χ0) is 33.2. The minimum absolute atomic E-state index is 0.170. The third kappa shape index (κ3) is 3.41. The Morgan fingerprint density at radius 1 is 0.935 bits per heavy atom. The summed E-state index contributed by atoms with van der Waals surface area (Å²) in [6, 6.07) is 6.60. The van der Waals surface area contributed by atoms with Crippen molar-refractivity contribution in [2.75, 3.05) is 7.05 Å². The van der Waals surface area contributed by atoms with Crippen molar-refractivity contribution < 1.29 is 52.8 Å². The first-order valence-corrected chi connectivity index (χ1v) is 15.5. The molecule has 46 heavy (non-hydrogen) atoms. The van der Waals surface area contributed by atoms with Crippen molar-refractivity contribution in [1.29, 1.82) is 0 Å². The number of esters is 4. The number of rotatable bonds is 6. The van der Waals surface area contributed by atoms with Crippen molar-refractivity contribution in [3.05, 3.63) is 48.0 Å². The molecule has 0 aromatic heterocycles. The van der Waals surface area contributed by atoms with Gasteiger partial charge in [-0.25, -0.2) is 4.79 Å². The number of Topliss-reactive ketones (excluding diaryl/α,β-unsaturated/α-hetero) is 1. The van der Waals surface area contributed by atoms with Gasteiger partial charge < -0.3 is 28.8 Å². The Kier molecular flexibility index (Phi) is 6.55. The van der Waals surface area contributed by atoms with Crippen molar-refractivity contribution in [1.82, 2.24) is 4.90 Å². The number of aliphatic hydroxyl groups excluding tert-OH is 1. The Morgan fingerprint density at radius 2 is 1.54 bits per heavy atom. The summed E-state index contributed by atoms with van der Waals surface area (Å²) in [7, 11) is 1.75. The lowest BCUT2D eigenvalue weighted by Gasteiger charge is -2.68. The molecule has 2 aliphatic heterocycles. The number of carbonyl (C=O) groups is 6. The summed E-state index contributed by atoms with van der Waals surface area (Å²) in [5, 5.41) is 12.4. The van der Waals surface area contributed by atoms with Gasteiger partial charge in [0.2, 0.25) is 0 Å². The molecule has 8 aliphatic rings. The maximum absolute atomic E-state index is 14.5. The summed E-state index contributed by atoms with van der Waals surface area (Å²) in [6.45, 7) is 9.35. The van der Waals surface area contributed by atoms with Gasteiger partial charge in [-0.15, -0.1) is 0 Å². The Hall–Kier alpha value is -3.90. The van der Waals surface area contributed by atoms with E-state index in [1.165, 1.54) is 26.0 Å². The van der Waals surface area contributed by atoms with Gasteiger partial charge in [0, 0.05) is 61.4 Å². The van der Waals surface area contributed by atoms with Crippen LogP contribution in [-0.4, -0.2) is 95.6 Å². The lowest BCUT2D eigenvalue weighted by Crippen LogP contribution is -2.79. The van der Waals surface area contributed by atoms with E-state index in [0.717, 1.165) is 6.92 Å². The van der Waals surface area contributed by atoms with E-state index in [0.29, 0.717) is 11.9 Å². The SMILES string of the molecule is C=C1C[C@@]23[C@H](O)[C@H]4[C@@H]5[C@](C)(C=O)[C@H](OC(C)=O)[C@H](OC(=O)c6ccccc6)[C@@H](OC(C)=O)[C@@]56[C@@H]2[C@H](OC(C)=O)[C@@H]1C(=O)[C@@H]3[C@H]6N4C. The Bertz CT molecular complexity index is 1590. The molecule has 0 unspecified atom stereocenters. The number of piperidine rings is 1. The van der Waals surface area contributed by atoms with E-state index in [2.05, 4.69) is 6.58 Å². The third-order valence-electron chi connectivity index (χ3n) is 12.2. The van der Waals surface area contributed by atoms with Crippen LogP contribution in [-0.2, 0) is 42.9 Å². The highest BCUT2D eigenvalue weighted by molar-refractivity contribution is 5.94. The number of hydrogen-bond donors (Lipinski definition) is 1. The smallest absolute Gasteiger partial charge is 0.338 e. The number of benzene rings is 1. The molecule has 0 amide bonds. The van der Waals surface area contributed by atoms with Crippen molar-refractivity contribution in [2.24, 2.45) is 39.9 Å². The molecule has 6 aliphatic carbocycles. The number of ether oxygens (including phenoxy) is 4. The van der Waals surface area contributed by atoms with E-state index in [-0.39, 0.29) is 17.8 Å². The lowest BCUT2D eigenvalue weighted by atomic mass is 9.37. The number of fused-ring (bicyclic) bond motifs is 1. The summed E-state index contributed by atoms with van der Waals surface area (Å²) in [5.41, 5.74) is -3.44. The molecule has 12 nitrogen and oxygen atoms in total. The Balaban J connectivity index is 1.53. The van der Waals surface area contributed by atoms with Crippen molar-refractivity contribution in [3.63, 3.8) is 0 Å².